The summed E-state index contributed by atoms with van der Waals surface area (Å²) in [6, 6.07) is 0. The fourth-order valence-electron chi connectivity index (χ4n) is 5.32. The second-order valence-corrected chi connectivity index (χ2v) is 8.35. The Labute approximate surface area is 139 Å². The fraction of sp³-hybridized carbons (Fsp3) is 0.700. The first-order valence-corrected chi connectivity index (χ1v) is 8.74. The zero-order valence-corrected chi connectivity index (χ0v) is 14.7. The van der Waals surface area contributed by atoms with Crippen LogP contribution in [-0.4, -0.2) is 17.4 Å². The quantitative estimate of drug-likeness (QED) is 0.451. The van der Waals surface area contributed by atoms with Gasteiger partial charge in [-0.3, -0.25) is 9.59 Å². The molecule has 23 heavy (non-hydrogen) atoms. The summed E-state index contributed by atoms with van der Waals surface area (Å²) in [6.45, 7) is 11.5. The Kier molecular flexibility index (Phi) is 5.17. The summed E-state index contributed by atoms with van der Waals surface area (Å²) in [7, 11) is 0. The first-order chi connectivity index (χ1) is 10.7. The molecule has 3 atom stereocenters. The minimum absolute atomic E-state index is 0.186. The molecule has 0 unspecified atom stereocenters. The number of rotatable bonds is 5. The Balaban J connectivity index is 2.24. The van der Waals surface area contributed by atoms with Gasteiger partial charge in [0.2, 0.25) is 0 Å². The van der Waals surface area contributed by atoms with Crippen molar-refractivity contribution in [2.24, 2.45) is 22.7 Å². The van der Waals surface area contributed by atoms with Crippen molar-refractivity contribution in [3.05, 3.63) is 23.8 Å². The summed E-state index contributed by atoms with van der Waals surface area (Å²) >= 11 is 0. The summed E-state index contributed by atoms with van der Waals surface area (Å²) < 4.78 is 0. The predicted octanol–water partition coefficient (Wildman–Crippen LogP) is 4.78. The molecular formula is C20H30O3. The van der Waals surface area contributed by atoms with Gasteiger partial charge in [0.1, 0.15) is 6.29 Å². The van der Waals surface area contributed by atoms with Crippen molar-refractivity contribution >= 4 is 12.3 Å². The lowest BCUT2D eigenvalue weighted by atomic mass is 9.47. The van der Waals surface area contributed by atoms with Gasteiger partial charge in [-0.25, -0.2) is 0 Å². The molecule has 0 aliphatic heterocycles. The van der Waals surface area contributed by atoms with Crippen molar-refractivity contribution in [2.75, 3.05) is 0 Å². The van der Waals surface area contributed by atoms with Crippen LogP contribution < -0.4 is 0 Å². The molecule has 0 heterocycles. The molecule has 2 aliphatic rings. The largest absolute Gasteiger partial charge is 0.481 e. The van der Waals surface area contributed by atoms with Crippen molar-refractivity contribution in [3.8, 4) is 0 Å². The van der Waals surface area contributed by atoms with Crippen LogP contribution in [0, 0.1) is 22.7 Å². The number of hydrogen-bond donors (Lipinski definition) is 1. The summed E-state index contributed by atoms with van der Waals surface area (Å²) in [5.41, 5.74) is 2.22. The van der Waals surface area contributed by atoms with Crippen molar-refractivity contribution < 1.29 is 14.7 Å². The highest BCUT2D eigenvalue weighted by atomic mass is 16.4. The van der Waals surface area contributed by atoms with E-state index < -0.39 is 5.97 Å². The first kappa shape index (κ1) is 18.0. The number of aldehydes is 1. The van der Waals surface area contributed by atoms with Crippen LogP contribution >= 0.6 is 0 Å². The van der Waals surface area contributed by atoms with E-state index in [2.05, 4.69) is 27.4 Å². The molecule has 2 rings (SSSR count). The van der Waals surface area contributed by atoms with Gasteiger partial charge in [0.05, 0.1) is 6.42 Å². The SMILES string of the molecule is C=C1CC[C@H]2C(C)(C)CCC[C@]2(C)[C@H]1CC=C(C=O)CC(=O)O. The molecule has 2 saturated carbocycles. The highest BCUT2D eigenvalue weighted by molar-refractivity contribution is 5.83. The van der Waals surface area contributed by atoms with Gasteiger partial charge in [-0.15, -0.1) is 0 Å². The lowest BCUT2D eigenvalue weighted by molar-refractivity contribution is -0.136. The van der Waals surface area contributed by atoms with E-state index in [1.54, 1.807) is 0 Å². The average molecular weight is 318 g/mol. The highest BCUT2D eigenvalue weighted by Crippen LogP contribution is 2.61. The highest BCUT2D eigenvalue weighted by Gasteiger charge is 2.52. The van der Waals surface area contributed by atoms with Crippen molar-refractivity contribution in [2.45, 2.75) is 65.7 Å². The number of carboxylic acid groups (broad SMARTS) is 1. The molecule has 0 bridgehead atoms. The third-order valence-corrected chi connectivity index (χ3v) is 6.44. The molecule has 0 spiro atoms. The Morgan fingerprint density at radius 2 is 2.04 bits per heavy atom. The molecular weight excluding hydrogens is 288 g/mol. The van der Waals surface area contributed by atoms with E-state index in [9.17, 15) is 9.59 Å². The molecule has 3 heteroatoms. The number of carboxylic acids is 1. The van der Waals surface area contributed by atoms with Gasteiger partial charge in [0, 0.05) is 0 Å². The number of aliphatic carboxylic acids is 1. The minimum Gasteiger partial charge on any atom is -0.481 e. The van der Waals surface area contributed by atoms with Crippen LogP contribution in [0.4, 0.5) is 0 Å². The van der Waals surface area contributed by atoms with Gasteiger partial charge in [-0.05, 0) is 60.3 Å². The standard InChI is InChI=1S/C20H30O3/c1-14-6-9-17-19(2,3)10-5-11-20(17,4)16(14)8-7-15(13-21)12-18(22)23/h7,13,16-17H,1,5-6,8-12H2,2-4H3,(H,22,23)/t16-,17-,20+/m0/s1. The maximum absolute atomic E-state index is 11.1. The van der Waals surface area contributed by atoms with E-state index in [-0.39, 0.29) is 11.8 Å². The maximum Gasteiger partial charge on any atom is 0.307 e. The van der Waals surface area contributed by atoms with Gasteiger partial charge in [-0.1, -0.05) is 45.4 Å². The molecule has 128 valence electrons. The maximum atomic E-state index is 11.1. The van der Waals surface area contributed by atoms with Crippen molar-refractivity contribution in [1.29, 1.82) is 0 Å². The Morgan fingerprint density at radius 3 is 2.65 bits per heavy atom. The Bertz CT molecular complexity index is 529. The normalized spacial score (nSPS) is 33.9. The molecule has 0 amide bonds. The number of carbonyl (C=O) groups is 2. The summed E-state index contributed by atoms with van der Waals surface area (Å²) in [5.74, 6) is 0.0742. The van der Waals surface area contributed by atoms with Gasteiger partial charge >= 0.3 is 5.97 Å². The third-order valence-electron chi connectivity index (χ3n) is 6.44. The molecule has 0 radical (unpaired) electrons. The van der Waals surface area contributed by atoms with E-state index in [4.69, 9.17) is 5.11 Å². The molecule has 0 aromatic carbocycles. The second kappa shape index (κ2) is 6.62. The molecule has 3 nitrogen and oxygen atoms in total. The Hall–Kier alpha value is -1.38. The fourth-order valence-corrected chi connectivity index (χ4v) is 5.32. The molecule has 0 aromatic rings. The van der Waals surface area contributed by atoms with Crippen LogP contribution in [0.5, 0.6) is 0 Å². The zero-order valence-electron chi connectivity index (χ0n) is 14.7. The van der Waals surface area contributed by atoms with E-state index in [0.29, 0.717) is 29.1 Å². The summed E-state index contributed by atoms with van der Waals surface area (Å²) in [4.78, 5) is 21.9. The molecule has 0 aromatic heterocycles. The van der Waals surface area contributed by atoms with E-state index >= 15 is 0 Å². The van der Waals surface area contributed by atoms with Gasteiger partial charge in [0.25, 0.3) is 0 Å². The van der Waals surface area contributed by atoms with Crippen molar-refractivity contribution in [1.82, 2.24) is 0 Å². The molecule has 2 fully saturated rings. The van der Waals surface area contributed by atoms with E-state index in [1.807, 2.05) is 6.08 Å². The minimum atomic E-state index is -0.950. The number of allylic oxidation sites excluding steroid dienone is 2. The van der Waals surface area contributed by atoms with Gasteiger partial charge in [-0.2, -0.15) is 0 Å². The lowest BCUT2D eigenvalue weighted by Gasteiger charge is -2.58. The summed E-state index contributed by atoms with van der Waals surface area (Å²) in [5, 5.41) is 8.89. The van der Waals surface area contributed by atoms with Crippen LogP contribution in [0.25, 0.3) is 0 Å². The van der Waals surface area contributed by atoms with Crippen LogP contribution in [0.15, 0.2) is 23.8 Å². The number of hydrogen-bond acceptors (Lipinski definition) is 2. The molecule has 1 N–H and O–H groups in total. The smallest absolute Gasteiger partial charge is 0.307 e. The zero-order chi connectivity index (χ0) is 17.3. The van der Waals surface area contributed by atoms with Crippen LogP contribution in [-0.2, 0) is 9.59 Å². The topological polar surface area (TPSA) is 54.4 Å². The Morgan fingerprint density at radius 1 is 1.35 bits per heavy atom. The second-order valence-electron chi connectivity index (χ2n) is 8.35. The van der Waals surface area contributed by atoms with Crippen LogP contribution in [0.2, 0.25) is 0 Å². The monoisotopic (exact) mass is 318 g/mol. The summed E-state index contributed by atoms with van der Waals surface area (Å²) in [6.07, 6.45) is 9.06. The number of carbonyl (C=O) groups excluding carboxylic acids is 1. The van der Waals surface area contributed by atoms with Crippen molar-refractivity contribution in [3.63, 3.8) is 0 Å². The van der Waals surface area contributed by atoms with E-state index in [1.165, 1.54) is 31.3 Å². The first-order valence-electron chi connectivity index (χ1n) is 8.74. The average Bonchev–Trinajstić information content (AvgIpc) is 2.43. The van der Waals surface area contributed by atoms with Gasteiger partial charge < -0.3 is 5.11 Å². The van der Waals surface area contributed by atoms with Crippen LogP contribution in [0.1, 0.15) is 65.7 Å². The van der Waals surface area contributed by atoms with Crippen LogP contribution in [0.3, 0.4) is 0 Å². The van der Waals surface area contributed by atoms with Gasteiger partial charge in [0.15, 0.2) is 0 Å². The molecule has 0 saturated heterocycles. The number of fused-ring (bicyclic) bond motifs is 1. The van der Waals surface area contributed by atoms with E-state index in [0.717, 1.165) is 12.8 Å². The lowest BCUT2D eigenvalue weighted by Crippen LogP contribution is -2.49. The predicted molar refractivity (Wildman–Crippen MR) is 92.1 cm³/mol. The molecule has 2 aliphatic carbocycles. The third kappa shape index (κ3) is 3.59.